The highest BCUT2D eigenvalue weighted by molar-refractivity contribution is 5.89. The van der Waals surface area contributed by atoms with Gasteiger partial charge in [0.1, 0.15) is 13.2 Å². The number of fused-ring (bicyclic) bond motifs is 1. The molecular formula is C15H17NO5. The van der Waals surface area contributed by atoms with Gasteiger partial charge in [0.2, 0.25) is 5.91 Å². The van der Waals surface area contributed by atoms with E-state index in [4.69, 9.17) is 14.6 Å². The lowest BCUT2D eigenvalue weighted by molar-refractivity contribution is -0.140. The molecule has 1 saturated carbocycles. The molecule has 3 unspecified atom stereocenters. The van der Waals surface area contributed by atoms with Crippen molar-refractivity contribution in [2.24, 2.45) is 11.8 Å². The minimum atomic E-state index is -0.901. The molecule has 0 aromatic heterocycles. The van der Waals surface area contributed by atoms with Crippen LogP contribution in [0.3, 0.4) is 0 Å². The topological polar surface area (TPSA) is 84.9 Å². The fourth-order valence-electron chi connectivity index (χ4n) is 2.49. The van der Waals surface area contributed by atoms with Crippen LogP contribution in [0.5, 0.6) is 11.5 Å². The van der Waals surface area contributed by atoms with Gasteiger partial charge in [-0.1, -0.05) is 6.07 Å². The Hall–Kier alpha value is -2.24. The lowest BCUT2D eigenvalue weighted by atomic mass is 10.1. The van der Waals surface area contributed by atoms with Crippen LogP contribution in [0.4, 0.5) is 0 Å². The third-order valence-electron chi connectivity index (χ3n) is 3.87. The first kappa shape index (κ1) is 13.7. The van der Waals surface area contributed by atoms with Crippen molar-refractivity contribution in [2.75, 3.05) is 13.2 Å². The first-order chi connectivity index (χ1) is 10.1. The number of benzene rings is 1. The Bertz CT molecular complexity index is 585. The Morgan fingerprint density at radius 1 is 1.24 bits per heavy atom. The third kappa shape index (κ3) is 2.79. The Morgan fingerprint density at radius 2 is 1.95 bits per heavy atom. The minimum Gasteiger partial charge on any atom is -0.486 e. The second kappa shape index (κ2) is 5.27. The molecule has 1 aromatic rings. The summed E-state index contributed by atoms with van der Waals surface area (Å²) in [5.41, 5.74) is 0.903. The maximum absolute atomic E-state index is 12.0. The molecular weight excluding hydrogens is 274 g/mol. The van der Waals surface area contributed by atoms with Crippen molar-refractivity contribution in [1.82, 2.24) is 5.32 Å². The summed E-state index contributed by atoms with van der Waals surface area (Å²) in [6, 6.07) is 5.34. The van der Waals surface area contributed by atoms with E-state index in [0.29, 0.717) is 31.1 Å². The minimum absolute atomic E-state index is 0.204. The third-order valence-corrected chi connectivity index (χ3v) is 3.87. The summed E-state index contributed by atoms with van der Waals surface area (Å²) in [5.74, 6) is -0.655. The van der Waals surface area contributed by atoms with Crippen LogP contribution in [0.2, 0.25) is 0 Å². The van der Waals surface area contributed by atoms with E-state index in [1.54, 1.807) is 0 Å². The molecule has 1 fully saturated rings. The summed E-state index contributed by atoms with van der Waals surface area (Å²) in [7, 11) is 0. The van der Waals surface area contributed by atoms with E-state index in [9.17, 15) is 9.59 Å². The predicted molar refractivity (Wildman–Crippen MR) is 73.2 cm³/mol. The van der Waals surface area contributed by atoms with Crippen molar-refractivity contribution >= 4 is 11.9 Å². The normalized spacial score (nSPS) is 24.0. The highest BCUT2D eigenvalue weighted by Crippen LogP contribution is 2.39. The van der Waals surface area contributed by atoms with Crippen LogP contribution in [0.1, 0.15) is 24.9 Å². The first-order valence-electron chi connectivity index (χ1n) is 6.99. The molecule has 1 aromatic carbocycles. The first-order valence-corrected chi connectivity index (χ1v) is 6.99. The van der Waals surface area contributed by atoms with Crippen molar-refractivity contribution in [3.63, 3.8) is 0 Å². The molecule has 0 saturated heterocycles. The molecule has 6 nitrogen and oxygen atoms in total. The zero-order valence-electron chi connectivity index (χ0n) is 11.7. The van der Waals surface area contributed by atoms with E-state index < -0.39 is 17.8 Å². The van der Waals surface area contributed by atoms with Gasteiger partial charge in [-0.3, -0.25) is 9.59 Å². The number of hydrogen-bond donors (Lipinski definition) is 2. The summed E-state index contributed by atoms with van der Waals surface area (Å²) in [6.45, 7) is 2.91. The largest absolute Gasteiger partial charge is 0.486 e. The number of ether oxygens (including phenoxy) is 2. The average molecular weight is 291 g/mol. The summed E-state index contributed by atoms with van der Waals surface area (Å²) in [5, 5.41) is 11.7. The van der Waals surface area contributed by atoms with Gasteiger partial charge in [-0.05, 0) is 31.0 Å². The molecule has 6 heteroatoms. The van der Waals surface area contributed by atoms with Gasteiger partial charge in [0.25, 0.3) is 0 Å². The molecule has 1 heterocycles. The van der Waals surface area contributed by atoms with Gasteiger partial charge in [0.15, 0.2) is 11.5 Å². The number of carboxylic acid groups (broad SMARTS) is 1. The van der Waals surface area contributed by atoms with Crippen LogP contribution in [0.25, 0.3) is 0 Å². The highest BCUT2D eigenvalue weighted by Gasteiger charge is 2.48. The van der Waals surface area contributed by atoms with Gasteiger partial charge in [0, 0.05) is 0 Å². The molecule has 1 aliphatic heterocycles. The van der Waals surface area contributed by atoms with E-state index >= 15 is 0 Å². The number of rotatable bonds is 4. The molecule has 1 aliphatic carbocycles. The van der Waals surface area contributed by atoms with Gasteiger partial charge >= 0.3 is 5.97 Å². The van der Waals surface area contributed by atoms with Crippen LogP contribution in [-0.4, -0.2) is 30.2 Å². The second-order valence-electron chi connectivity index (χ2n) is 5.42. The van der Waals surface area contributed by atoms with E-state index in [2.05, 4.69) is 5.32 Å². The molecule has 112 valence electrons. The van der Waals surface area contributed by atoms with Gasteiger partial charge in [-0.15, -0.1) is 0 Å². The van der Waals surface area contributed by atoms with Gasteiger partial charge < -0.3 is 19.9 Å². The maximum Gasteiger partial charge on any atom is 0.307 e. The van der Waals surface area contributed by atoms with Crippen LogP contribution in [0, 0.1) is 11.8 Å². The molecule has 2 N–H and O–H groups in total. The van der Waals surface area contributed by atoms with Crippen molar-refractivity contribution in [3.8, 4) is 11.5 Å². The Labute approximate surface area is 122 Å². The number of carbonyl (C=O) groups is 2. The molecule has 0 bridgehead atoms. The van der Waals surface area contributed by atoms with E-state index in [1.807, 2.05) is 25.1 Å². The van der Waals surface area contributed by atoms with Crippen LogP contribution in [0.15, 0.2) is 18.2 Å². The van der Waals surface area contributed by atoms with Crippen LogP contribution >= 0.6 is 0 Å². The number of hydrogen-bond acceptors (Lipinski definition) is 4. The fraction of sp³-hybridized carbons (Fsp3) is 0.467. The zero-order chi connectivity index (χ0) is 15.0. The number of aliphatic carboxylic acids is 1. The van der Waals surface area contributed by atoms with Gasteiger partial charge in [-0.25, -0.2) is 0 Å². The summed E-state index contributed by atoms with van der Waals surface area (Å²) >= 11 is 0. The Balaban J connectivity index is 1.64. The summed E-state index contributed by atoms with van der Waals surface area (Å²) in [4.78, 5) is 22.7. The van der Waals surface area contributed by atoms with Crippen LogP contribution in [-0.2, 0) is 9.59 Å². The van der Waals surface area contributed by atoms with E-state index in [1.165, 1.54) is 0 Å². The standard InChI is InChI=1S/C15H17NO5/c1-8(16-14(17)10-7-11(10)15(18)19)9-2-3-12-13(6-9)21-5-4-20-12/h2-3,6,8,10-11H,4-5,7H2,1H3,(H,16,17)(H,18,19). The number of nitrogens with one attached hydrogen (secondary N) is 1. The highest BCUT2D eigenvalue weighted by atomic mass is 16.6. The number of amides is 1. The molecule has 0 radical (unpaired) electrons. The Morgan fingerprint density at radius 3 is 2.62 bits per heavy atom. The quantitative estimate of drug-likeness (QED) is 0.875. The SMILES string of the molecule is CC(NC(=O)C1CC1C(=O)O)c1ccc2c(c1)OCCO2. The second-order valence-corrected chi connectivity index (χ2v) is 5.42. The maximum atomic E-state index is 12.0. The predicted octanol–water partition coefficient (Wildman–Crippen LogP) is 1.36. The van der Waals surface area contributed by atoms with Gasteiger partial charge in [0.05, 0.1) is 17.9 Å². The molecule has 3 rings (SSSR count). The monoisotopic (exact) mass is 291 g/mol. The smallest absolute Gasteiger partial charge is 0.307 e. The fourth-order valence-corrected chi connectivity index (χ4v) is 2.49. The van der Waals surface area contributed by atoms with Gasteiger partial charge in [-0.2, -0.15) is 0 Å². The van der Waals surface area contributed by atoms with Crippen LogP contribution < -0.4 is 14.8 Å². The molecule has 0 spiro atoms. The molecule has 3 atom stereocenters. The van der Waals surface area contributed by atoms with E-state index in [-0.39, 0.29) is 11.9 Å². The summed E-state index contributed by atoms with van der Waals surface area (Å²) < 4.78 is 11.0. The molecule has 21 heavy (non-hydrogen) atoms. The zero-order valence-corrected chi connectivity index (χ0v) is 11.7. The average Bonchev–Trinajstić information content (AvgIpc) is 3.27. The lowest BCUT2D eigenvalue weighted by Crippen LogP contribution is -2.29. The van der Waals surface area contributed by atoms with Crippen molar-refractivity contribution in [1.29, 1.82) is 0 Å². The van der Waals surface area contributed by atoms with Crippen molar-refractivity contribution in [2.45, 2.75) is 19.4 Å². The number of carbonyl (C=O) groups excluding carboxylic acids is 1. The Kier molecular flexibility index (Phi) is 3.45. The number of carboxylic acids is 1. The van der Waals surface area contributed by atoms with Crippen molar-refractivity contribution < 1.29 is 24.2 Å². The lowest BCUT2D eigenvalue weighted by Gasteiger charge is -2.21. The van der Waals surface area contributed by atoms with Crippen molar-refractivity contribution in [3.05, 3.63) is 23.8 Å². The summed E-state index contributed by atoms with van der Waals surface area (Å²) in [6.07, 6.45) is 0.426. The molecule has 2 aliphatic rings. The van der Waals surface area contributed by atoms with E-state index in [0.717, 1.165) is 5.56 Å². The molecule has 1 amide bonds.